The summed E-state index contributed by atoms with van der Waals surface area (Å²) < 4.78 is 5.24. The molecule has 1 aromatic rings. The molecule has 1 rings (SSSR count). The van der Waals surface area contributed by atoms with Crippen molar-refractivity contribution >= 4 is 5.78 Å². The number of carbonyl (C=O) groups is 1. The number of rotatable bonds is 6. The minimum atomic E-state index is -0.346. The van der Waals surface area contributed by atoms with Gasteiger partial charge in [-0.05, 0) is 30.0 Å². The van der Waals surface area contributed by atoms with E-state index in [1.807, 2.05) is 25.1 Å². The maximum atomic E-state index is 12.3. The molecule has 3 nitrogen and oxygen atoms in total. The third-order valence-electron chi connectivity index (χ3n) is 3.24. The fraction of sp³-hybridized carbons (Fsp3) is 0.533. The van der Waals surface area contributed by atoms with E-state index in [1.54, 1.807) is 7.11 Å². The van der Waals surface area contributed by atoms with Crippen LogP contribution in [-0.2, 0) is 0 Å². The lowest BCUT2D eigenvalue weighted by molar-refractivity contribution is 0.0853. The lowest BCUT2D eigenvalue weighted by atomic mass is 9.92. The summed E-state index contributed by atoms with van der Waals surface area (Å²) in [7, 11) is 1.56. The first kappa shape index (κ1) is 14.7. The molecule has 0 fully saturated rings. The molecule has 3 heteroatoms. The van der Waals surface area contributed by atoms with Gasteiger partial charge in [-0.1, -0.05) is 26.8 Å². The third kappa shape index (κ3) is 3.10. The molecule has 0 heterocycles. The summed E-state index contributed by atoms with van der Waals surface area (Å²) >= 11 is 0. The van der Waals surface area contributed by atoms with Crippen molar-refractivity contribution in [3.8, 4) is 5.75 Å². The van der Waals surface area contributed by atoms with Crippen LogP contribution in [0.2, 0.25) is 0 Å². The number of methoxy groups -OCH3 is 1. The van der Waals surface area contributed by atoms with E-state index in [0.717, 1.165) is 5.56 Å². The number of Topliss-reactive ketones (excluding diaryl/α,β-unsaturated/α-hetero) is 1. The van der Waals surface area contributed by atoms with Gasteiger partial charge in [0.05, 0.1) is 19.3 Å². The smallest absolute Gasteiger partial charge is 0.171 e. The Hall–Kier alpha value is -1.35. The monoisotopic (exact) mass is 250 g/mol. The second-order valence-electron chi connectivity index (χ2n) is 4.77. The number of hydrogen-bond acceptors (Lipinski definition) is 3. The first-order valence-corrected chi connectivity index (χ1v) is 6.38. The van der Waals surface area contributed by atoms with Gasteiger partial charge in [-0.2, -0.15) is 0 Å². The van der Waals surface area contributed by atoms with E-state index in [1.165, 1.54) is 0 Å². The normalized spacial score (nSPS) is 12.6. The molecule has 0 spiro atoms. The average Bonchev–Trinajstić information content (AvgIpc) is 2.39. The summed E-state index contributed by atoms with van der Waals surface area (Å²) in [4.78, 5) is 12.3. The Kier molecular flexibility index (Phi) is 5.35. The first-order chi connectivity index (χ1) is 8.54. The van der Waals surface area contributed by atoms with Gasteiger partial charge in [0.15, 0.2) is 5.78 Å². The SMILES string of the molecule is CCC(CO)C(=O)c1cc(C(C)C)ccc1OC. The van der Waals surface area contributed by atoms with Crippen molar-refractivity contribution in [3.63, 3.8) is 0 Å². The van der Waals surface area contributed by atoms with Crippen molar-refractivity contribution in [3.05, 3.63) is 29.3 Å². The summed E-state index contributed by atoms with van der Waals surface area (Å²) in [6, 6.07) is 5.68. The van der Waals surface area contributed by atoms with Crippen LogP contribution >= 0.6 is 0 Å². The van der Waals surface area contributed by atoms with Gasteiger partial charge in [0, 0.05) is 5.92 Å². The molecule has 1 unspecified atom stereocenters. The van der Waals surface area contributed by atoms with Crippen LogP contribution in [0.1, 0.15) is 49.0 Å². The first-order valence-electron chi connectivity index (χ1n) is 6.38. The van der Waals surface area contributed by atoms with E-state index in [0.29, 0.717) is 23.7 Å². The van der Waals surface area contributed by atoms with Gasteiger partial charge < -0.3 is 9.84 Å². The summed E-state index contributed by atoms with van der Waals surface area (Å²) in [5.41, 5.74) is 1.68. The van der Waals surface area contributed by atoms with Gasteiger partial charge in [0.1, 0.15) is 5.75 Å². The fourth-order valence-electron chi connectivity index (χ4n) is 1.89. The largest absolute Gasteiger partial charge is 0.496 e. The van der Waals surface area contributed by atoms with E-state index in [4.69, 9.17) is 4.74 Å². The van der Waals surface area contributed by atoms with Crippen molar-refractivity contribution in [2.45, 2.75) is 33.1 Å². The molecule has 0 saturated carbocycles. The molecule has 0 amide bonds. The van der Waals surface area contributed by atoms with Crippen LogP contribution in [0.15, 0.2) is 18.2 Å². The lowest BCUT2D eigenvalue weighted by Gasteiger charge is -2.15. The molecule has 0 bridgehead atoms. The van der Waals surface area contributed by atoms with Crippen LogP contribution in [0.4, 0.5) is 0 Å². The zero-order valence-electron chi connectivity index (χ0n) is 11.6. The van der Waals surface area contributed by atoms with Crippen LogP contribution in [0.25, 0.3) is 0 Å². The van der Waals surface area contributed by atoms with Crippen LogP contribution < -0.4 is 4.74 Å². The molecule has 18 heavy (non-hydrogen) atoms. The second-order valence-corrected chi connectivity index (χ2v) is 4.77. The third-order valence-corrected chi connectivity index (χ3v) is 3.24. The average molecular weight is 250 g/mol. The Morgan fingerprint density at radius 2 is 2.06 bits per heavy atom. The number of aliphatic hydroxyl groups is 1. The number of aliphatic hydroxyl groups excluding tert-OH is 1. The number of ketones is 1. The molecule has 1 atom stereocenters. The van der Waals surface area contributed by atoms with Crippen molar-refractivity contribution in [1.82, 2.24) is 0 Å². The zero-order valence-corrected chi connectivity index (χ0v) is 11.6. The second kappa shape index (κ2) is 6.55. The van der Waals surface area contributed by atoms with E-state index in [9.17, 15) is 9.90 Å². The van der Waals surface area contributed by atoms with Gasteiger partial charge in [-0.15, -0.1) is 0 Å². The highest BCUT2D eigenvalue weighted by Crippen LogP contribution is 2.27. The Morgan fingerprint density at radius 1 is 1.39 bits per heavy atom. The Bertz CT molecular complexity index is 406. The topological polar surface area (TPSA) is 46.5 Å². The predicted octanol–water partition coefficient (Wildman–Crippen LogP) is 3.02. The molecular weight excluding hydrogens is 228 g/mol. The Morgan fingerprint density at radius 3 is 2.50 bits per heavy atom. The van der Waals surface area contributed by atoms with Crippen LogP contribution in [-0.4, -0.2) is 24.6 Å². The zero-order chi connectivity index (χ0) is 13.7. The molecular formula is C15H22O3. The lowest BCUT2D eigenvalue weighted by Crippen LogP contribution is -2.18. The van der Waals surface area contributed by atoms with Gasteiger partial charge in [-0.25, -0.2) is 0 Å². The van der Waals surface area contributed by atoms with Crippen molar-refractivity contribution in [2.75, 3.05) is 13.7 Å². The van der Waals surface area contributed by atoms with Crippen molar-refractivity contribution in [1.29, 1.82) is 0 Å². The molecule has 0 radical (unpaired) electrons. The number of hydrogen-bond donors (Lipinski definition) is 1. The van der Waals surface area contributed by atoms with Crippen molar-refractivity contribution in [2.24, 2.45) is 5.92 Å². The van der Waals surface area contributed by atoms with Gasteiger partial charge in [-0.3, -0.25) is 4.79 Å². The van der Waals surface area contributed by atoms with Gasteiger partial charge >= 0.3 is 0 Å². The Balaban J connectivity index is 3.19. The van der Waals surface area contributed by atoms with E-state index < -0.39 is 0 Å². The van der Waals surface area contributed by atoms with Crippen LogP contribution in [0.3, 0.4) is 0 Å². The highest BCUT2D eigenvalue weighted by molar-refractivity contribution is 6.00. The summed E-state index contributed by atoms with van der Waals surface area (Å²) in [5.74, 6) is 0.550. The standard InChI is InChI=1S/C15H22O3/c1-5-11(9-16)15(17)13-8-12(10(2)3)6-7-14(13)18-4/h6-8,10-11,16H,5,9H2,1-4H3. The molecule has 100 valence electrons. The predicted molar refractivity (Wildman–Crippen MR) is 72.3 cm³/mol. The number of carbonyl (C=O) groups excluding carboxylic acids is 1. The maximum absolute atomic E-state index is 12.3. The summed E-state index contributed by atoms with van der Waals surface area (Å²) in [5, 5.41) is 9.24. The van der Waals surface area contributed by atoms with E-state index in [-0.39, 0.29) is 18.3 Å². The molecule has 1 N–H and O–H groups in total. The van der Waals surface area contributed by atoms with Crippen LogP contribution in [0, 0.1) is 5.92 Å². The molecule has 0 aromatic heterocycles. The summed E-state index contributed by atoms with van der Waals surface area (Å²) in [6.07, 6.45) is 0.629. The highest BCUT2D eigenvalue weighted by atomic mass is 16.5. The maximum Gasteiger partial charge on any atom is 0.171 e. The molecule has 0 aliphatic heterocycles. The van der Waals surface area contributed by atoms with Gasteiger partial charge in [0.25, 0.3) is 0 Å². The molecule has 0 aliphatic carbocycles. The minimum absolute atomic E-state index is 0.0423. The number of benzene rings is 1. The summed E-state index contributed by atoms with van der Waals surface area (Å²) in [6.45, 7) is 5.95. The Labute approximate surface area is 109 Å². The van der Waals surface area contributed by atoms with Gasteiger partial charge in [0.2, 0.25) is 0 Å². The molecule has 0 aliphatic rings. The quantitative estimate of drug-likeness (QED) is 0.789. The van der Waals surface area contributed by atoms with E-state index in [2.05, 4.69) is 13.8 Å². The highest BCUT2D eigenvalue weighted by Gasteiger charge is 2.21. The molecule has 0 saturated heterocycles. The molecule has 1 aromatic carbocycles. The van der Waals surface area contributed by atoms with Crippen molar-refractivity contribution < 1.29 is 14.6 Å². The minimum Gasteiger partial charge on any atom is -0.496 e. The number of ether oxygens (including phenoxy) is 1. The van der Waals surface area contributed by atoms with Crippen LogP contribution in [0.5, 0.6) is 5.75 Å². The van der Waals surface area contributed by atoms with E-state index >= 15 is 0 Å². The fourth-order valence-corrected chi connectivity index (χ4v) is 1.89.